The molecule has 1 atom stereocenters. The summed E-state index contributed by atoms with van der Waals surface area (Å²) in [6, 6.07) is 9.86. The van der Waals surface area contributed by atoms with Gasteiger partial charge in [0.1, 0.15) is 17.6 Å². The van der Waals surface area contributed by atoms with E-state index in [4.69, 9.17) is 4.42 Å². The lowest BCUT2D eigenvalue weighted by Crippen LogP contribution is -2.38. The van der Waals surface area contributed by atoms with Crippen molar-refractivity contribution in [3.63, 3.8) is 0 Å². The number of aromatic nitrogens is 2. The van der Waals surface area contributed by atoms with E-state index in [1.165, 1.54) is 6.07 Å². The minimum Gasteiger partial charge on any atom is -0.443 e. The number of benzene rings is 1. The van der Waals surface area contributed by atoms with Crippen LogP contribution >= 0.6 is 0 Å². The second kappa shape index (κ2) is 7.70. The van der Waals surface area contributed by atoms with Crippen LogP contribution in [0, 0.1) is 5.82 Å². The third kappa shape index (κ3) is 3.74. The molecule has 1 aliphatic rings. The summed E-state index contributed by atoms with van der Waals surface area (Å²) in [5, 5.41) is 0. The van der Waals surface area contributed by atoms with Crippen LogP contribution in [0.3, 0.4) is 0 Å². The first-order valence-corrected chi connectivity index (χ1v) is 9.11. The maximum absolute atomic E-state index is 13.9. The van der Waals surface area contributed by atoms with Crippen LogP contribution < -0.4 is 0 Å². The lowest BCUT2D eigenvalue weighted by Gasteiger charge is -2.33. The van der Waals surface area contributed by atoms with Crippen LogP contribution in [0.5, 0.6) is 0 Å². The van der Waals surface area contributed by atoms with Gasteiger partial charge in [-0.05, 0) is 43.0 Å². The van der Waals surface area contributed by atoms with Crippen LogP contribution in [0.4, 0.5) is 4.39 Å². The van der Waals surface area contributed by atoms with Gasteiger partial charge < -0.3 is 9.32 Å². The van der Waals surface area contributed by atoms with Crippen molar-refractivity contribution in [1.82, 2.24) is 14.9 Å². The van der Waals surface area contributed by atoms with E-state index in [1.807, 2.05) is 4.90 Å². The van der Waals surface area contributed by atoms with E-state index in [-0.39, 0.29) is 17.8 Å². The molecular formula is C21H20FN3O2. The quantitative estimate of drug-likeness (QED) is 0.696. The summed E-state index contributed by atoms with van der Waals surface area (Å²) >= 11 is 0. The van der Waals surface area contributed by atoms with Gasteiger partial charge in [-0.25, -0.2) is 9.37 Å². The molecule has 3 aromatic rings. The molecule has 2 aromatic heterocycles. The number of carbonyl (C=O) groups is 1. The van der Waals surface area contributed by atoms with E-state index in [2.05, 4.69) is 9.97 Å². The zero-order chi connectivity index (χ0) is 18.6. The first-order valence-electron chi connectivity index (χ1n) is 9.11. The van der Waals surface area contributed by atoms with Crippen LogP contribution in [0.1, 0.15) is 52.9 Å². The molecule has 0 aliphatic carbocycles. The zero-order valence-corrected chi connectivity index (χ0v) is 14.8. The molecule has 0 saturated carbocycles. The molecule has 3 heterocycles. The van der Waals surface area contributed by atoms with Crippen LogP contribution in [0.15, 0.2) is 59.4 Å². The van der Waals surface area contributed by atoms with Crippen molar-refractivity contribution < 1.29 is 13.6 Å². The minimum absolute atomic E-state index is 0.0454. The second-order valence-electron chi connectivity index (χ2n) is 6.68. The molecule has 4 rings (SSSR count). The van der Waals surface area contributed by atoms with Gasteiger partial charge in [-0.3, -0.25) is 9.78 Å². The van der Waals surface area contributed by atoms with Gasteiger partial charge in [0.05, 0.1) is 6.20 Å². The van der Waals surface area contributed by atoms with Gasteiger partial charge in [0.2, 0.25) is 5.89 Å². The minimum atomic E-state index is -0.261. The van der Waals surface area contributed by atoms with Crippen molar-refractivity contribution in [2.45, 2.75) is 31.7 Å². The molecule has 138 valence electrons. The zero-order valence-electron chi connectivity index (χ0n) is 14.8. The first-order chi connectivity index (χ1) is 13.2. The monoisotopic (exact) mass is 365 g/mol. The first kappa shape index (κ1) is 17.4. The molecule has 1 aliphatic heterocycles. The number of carbonyl (C=O) groups excluding carboxylic acids is 1. The van der Waals surface area contributed by atoms with Gasteiger partial charge in [0.15, 0.2) is 0 Å². The average Bonchev–Trinajstić information content (AvgIpc) is 3.18. The van der Waals surface area contributed by atoms with Crippen LogP contribution in [-0.4, -0.2) is 27.3 Å². The normalized spacial score (nSPS) is 17.1. The van der Waals surface area contributed by atoms with Gasteiger partial charge in [0, 0.05) is 30.9 Å². The topological polar surface area (TPSA) is 59.2 Å². The maximum Gasteiger partial charge on any atom is 0.254 e. The van der Waals surface area contributed by atoms with E-state index >= 15 is 0 Å². The number of halogens is 1. The molecule has 1 fully saturated rings. The molecule has 1 aromatic carbocycles. The highest BCUT2D eigenvalue weighted by Crippen LogP contribution is 2.32. The van der Waals surface area contributed by atoms with Crippen LogP contribution in [0.25, 0.3) is 0 Å². The highest BCUT2D eigenvalue weighted by Gasteiger charge is 2.32. The Hall–Kier alpha value is -3.02. The Morgan fingerprint density at radius 2 is 2.00 bits per heavy atom. The molecule has 6 heteroatoms. The number of nitrogens with zero attached hydrogens (tertiary/aromatic N) is 3. The SMILES string of the molecule is O=C(c1ccncc1)N1CCCC[C@H]1c1ncc(Cc2ccccc2F)o1. The summed E-state index contributed by atoms with van der Waals surface area (Å²) in [5.41, 5.74) is 1.17. The molecule has 0 radical (unpaired) electrons. The Balaban J connectivity index is 1.55. The summed E-state index contributed by atoms with van der Waals surface area (Å²) in [4.78, 5) is 23.1. The highest BCUT2D eigenvalue weighted by molar-refractivity contribution is 5.94. The van der Waals surface area contributed by atoms with Crippen molar-refractivity contribution in [2.24, 2.45) is 0 Å². The van der Waals surface area contributed by atoms with Crippen molar-refractivity contribution in [1.29, 1.82) is 0 Å². The average molecular weight is 365 g/mol. The number of likely N-dealkylation sites (tertiary alicyclic amines) is 1. The molecule has 0 unspecified atom stereocenters. The molecule has 0 N–H and O–H groups in total. The van der Waals surface area contributed by atoms with Gasteiger partial charge in [-0.15, -0.1) is 0 Å². The third-order valence-electron chi connectivity index (χ3n) is 4.87. The maximum atomic E-state index is 13.9. The van der Waals surface area contributed by atoms with Gasteiger partial charge in [-0.2, -0.15) is 0 Å². The molecule has 5 nitrogen and oxygen atoms in total. The Kier molecular flexibility index (Phi) is 4.96. The third-order valence-corrected chi connectivity index (χ3v) is 4.87. The fourth-order valence-electron chi connectivity index (χ4n) is 3.48. The smallest absolute Gasteiger partial charge is 0.254 e. The number of pyridine rings is 1. The largest absolute Gasteiger partial charge is 0.443 e. The second-order valence-corrected chi connectivity index (χ2v) is 6.68. The Morgan fingerprint density at radius 1 is 1.19 bits per heavy atom. The number of oxazole rings is 1. The van der Waals surface area contributed by atoms with Gasteiger partial charge in [0.25, 0.3) is 5.91 Å². The fraction of sp³-hybridized carbons (Fsp3) is 0.286. The summed E-state index contributed by atoms with van der Waals surface area (Å²) in [7, 11) is 0. The van der Waals surface area contributed by atoms with Crippen molar-refractivity contribution in [3.05, 3.63) is 83.6 Å². The molecule has 0 bridgehead atoms. The van der Waals surface area contributed by atoms with Crippen molar-refractivity contribution in [2.75, 3.05) is 6.54 Å². The predicted molar refractivity (Wildman–Crippen MR) is 97.6 cm³/mol. The van der Waals surface area contributed by atoms with E-state index in [9.17, 15) is 9.18 Å². The van der Waals surface area contributed by atoms with Gasteiger partial charge in [-0.1, -0.05) is 18.2 Å². The van der Waals surface area contributed by atoms with Crippen molar-refractivity contribution >= 4 is 5.91 Å². The number of amides is 1. The lowest BCUT2D eigenvalue weighted by molar-refractivity contribution is 0.0570. The van der Waals surface area contributed by atoms with Crippen LogP contribution in [0.2, 0.25) is 0 Å². The Morgan fingerprint density at radius 3 is 2.81 bits per heavy atom. The number of piperidine rings is 1. The fourth-order valence-corrected chi connectivity index (χ4v) is 3.48. The van der Waals surface area contributed by atoms with Crippen molar-refractivity contribution in [3.8, 4) is 0 Å². The lowest BCUT2D eigenvalue weighted by atomic mass is 10.0. The Bertz CT molecular complexity index is 926. The number of rotatable bonds is 4. The molecule has 27 heavy (non-hydrogen) atoms. The highest BCUT2D eigenvalue weighted by atomic mass is 19.1. The number of hydrogen-bond donors (Lipinski definition) is 0. The molecule has 1 saturated heterocycles. The molecule has 0 spiro atoms. The van der Waals surface area contributed by atoms with E-state index in [1.54, 1.807) is 48.9 Å². The predicted octanol–water partition coefficient (Wildman–Crippen LogP) is 4.17. The van der Waals surface area contributed by atoms with E-state index in [0.717, 1.165) is 19.3 Å². The Labute approximate surface area is 156 Å². The summed E-state index contributed by atoms with van der Waals surface area (Å²) in [6.45, 7) is 0.664. The number of hydrogen-bond acceptors (Lipinski definition) is 4. The summed E-state index contributed by atoms with van der Waals surface area (Å²) < 4.78 is 19.8. The van der Waals surface area contributed by atoms with Crippen LogP contribution in [-0.2, 0) is 6.42 Å². The summed E-state index contributed by atoms with van der Waals surface area (Å²) in [5.74, 6) is 0.805. The van der Waals surface area contributed by atoms with E-state index in [0.29, 0.717) is 35.7 Å². The van der Waals surface area contributed by atoms with Gasteiger partial charge >= 0.3 is 0 Å². The molecular weight excluding hydrogens is 345 g/mol. The van der Waals surface area contributed by atoms with E-state index < -0.39 is 0 Å². The molecule has 1 amide bonds. The summed E-state index contributed by atoms with van der Waals surface area (Å²) in [6.07, 6.45) is 7.96. The standard InChI is InChI=1S/C21H20FN3O2/c22-18-6-2-1-5-16(18)13-17-14-24-20(27-17)19-7-3-4-12-25(19)21(26)15-8-10-23-11-9-15/h1-2,5-6,8-11,14,19H,3-4,7,12-13H2/t19-/m0/s1.